The molecule has 0 aliphatic heterocycles. The number of thiazole rings is 1. The summed E-state index contributed by atoms with van der Waals surface area (Å²) in [6.07, 6.45) is 1.13. The number of aromatic nitrogens is 1. The zero-order valence-electron chi connectivity index (χ0n) is 13.9. The fourth-order valence-electron chi connectivity index (χ4n) is 2.32. The first-order chi connectivity index (χ1) is 11.9. The van der Waals surface area contributed by atoms with E-state index >= 15 is 0 Å². The number of ether oxygens (including phenoxy) is 1. The van der Waals surface area contributed by atoms with Crippen LogP contribution < -0.4 is 9.46 Å². The van der Waals surface area contributed by atoms with E-state index in [1.165, 1.54) is 0 Å². The number of sulfonamides is 1. The monoisotopic (exact) mass is 374 g/mol. The number of hydrogen-bond acceptors (Lipinski definition) is 5. The molecule has 5 nitrogen and oxygen atoms in total. The van der Waals surface area contributed by atoms with Crippen molar-refractivity contribution >= 4 is 27.0 Å². The smallest absolute Gasteiger partial charge is 0.229 e. The maximum Gasteiger partial charge on any atom is 0.229 e. The first kappa shape index (κ1) is 17.4. The second kappa shape index (κ2) is 7.25. The maximum absolute atomic E-state index is 11.3. The van der Waals surface area contributed by atoms with Crippen LogP contribution in [0.15, 0.2) is 53.9 Å². The number of benzene rings is 2. The molecule has 0 saturated heterocycles. The molecule has 0 fully saturated rings. The lowest BCUT2D eigenvalue weighted by Crippen LogP contribution is -2.09. The highest BCUT2D eigenvalue weighted by Crippen LogP contribution is 2.30. The summed E-state index contributed by atoms with van der Waals surface area (Å²) in [6.45, 7) is 2.60. The van der Waals surface area contributed by atoms with Crippen LogP contribution in [0.25, 0.3) is 21.8 Å². The first-order valence-electron chi connectivity index (χ1n) is 7.71. The van der Waals surface area contributed by atoms with Crippen LogP contribution >= 0.6 is 11.3 Å². The van der Waals surface area contributed by atoms with Crippen LogP contribution in [0.3, 0.4) is 0 Å². The fraction of sp³-hybridized carbons (Fsp3) is 0.167. The molecule has 1 aromatic heterocycles. The van der Waals surface area contributed by atoms with Crippen molar-refractivity contribution in [2.45, 2.75) is 6.92 Å². The predicted octanol–water partition coefficient (Wildman–Crippen LogP) is 4.25. The van der Waals surface area contributed by atoms with E-state index in [4.69, 9.17) is 4.74 Å². The van der Waals surface area contributed by atoms with Crippen molar-refractivity contribution in [3.63, 3.8) is 0 Å². The van der Waals surface area contributed by atoms with Gasteiger partial charge in [0.05, 0.1) is 18.6 Å². The summed E-state index contributed by atoms with van der Waals surface area (Å²) in [5, 5.41) is 2.92. The van der Waals surface area contributed by atoms with E-state index in [0.29, 0.717) is 12.3 Å². The van der Waals surface area contributed by atoms with Crippen molar-refractivity contribution in [1.29, 1.82) is 0 Å². The van der Waals surface area contributed by atoms with Gasteiger partial charge in [-0.2, -0.15) is 0 Å². The standard InChI is InChI=1S/C18H18N2O3S2/c1-3-23-16-10-6-14(7-11-16)18-19-17(12-24-18)13-4-8-15(9-5-13)20-25(2,21)22/h4-12,20H,3H2,1-2H3. The maximum atomic E-state index is 11.3. The topological polar surface area (TPSA) is 68.3 Å². The molecule has 0 saturated carbocycles. The normalized spacial score (nSPS) is 11.3. The van der Waals surface area contributed by atoms with Gasteiger partial charge in [0.1, 0.15) is 10.8 Å². The Bertz CT molecular complexity index is 947. The summed E-state index contributed by atoms with van der Waals surface area (Å²) in [6, 6.07) is 15.0. The van der Waals surface area contributed by atoms with Crippen LogP contribution in [-0.4, -0.2) is 26.3 Å². The van der Waals surface area contributed by atoms with Crippen molar-refractivity contribution in [3.8, 4) is 27.6 Å². The van der Waals surface area contributed by atoms with E-state index in [0.717, 1.165) is 33.8 Å². The Hall–Kier alpha value is -2.38. The van der Waals surface area contributed by atoms with Crippen molar-refractivity contribution < 1.29 is 13.2 Å². The molecular formula is C18H18N2O3S2. The zero-order chi connectivity index (χ0) is 17.9. The number of nitrogens with one attached hydrogen (secondary N) is 1. The summed E-state index contributed by atoms with van der Waals surface area (Å²) < 4.78 is 30.4. The van der Waals surface area contributed by atoms with E-state index in [9.17, 15) is 8.42 Å². The Morgan fingerprint density at radius 1 is 1.04 bits per heavy atom. The summed E-state index contributed by atoms with van der Waals surface area (Å²) in [5.74, 6) is 0.844. The van der Waals surface area contributed by atoms with Crippen molar-refractivity contribution in [2.24, 2.45) is 0 Å². The van der Waals surface area contributed by atoms with Crippen LogP contribution in [-0.2, 0) is 10.0 Å². The fourth-order valence-corrected chi connectivity index (χ4v) is 3.72. The quantitative estimate of drug-likeness (QED) is 0.700. The van der Waals surface area contributed by atoms with Crippen LogP contribution in [0.4, 0.5) is 5.69 Å². The Balaban J connectivity index is 1.79. The van der Waals surface area contributed by atoms with Gasteiger partial charge in [0.2, 0.25) is 10.0 Å². The summed E-state index contributed by atoms with van der Waals surface area (Å²) in [7, 11) is -3.27. The summed E-state index contributed by atoms with van der Waals surface area (Å²) in [5.41, 5.74) is 3.37. The second-order valence-electron chi connectivity index (χ2n) is 5.45. The molecule has 0 aliphatic carbocycles. The minimum atomic E-state index is -3.27. The molecule has 0 atom stereocenters. The highest BCUT2D eigenvalue weighted by atomic mass is 32.2. The van der Waals surface area contributed by atoms with Gasteiger partial charge in [-0.05, 0) is 43.3 Å². The van der Waals surface area contributed by atoms with Gasteiger partial charge in [-0.15, -0.1) is 11.3 Å². The summed E-state index contributed by atoms with van der Waals surface area (Å²) >= 11 is 1.57. The van der Waals surface area contributed by atoms with Gasteiger partial charge >= 0.3 is 0 Å². The average molecular weight is 374 g/mol. The van der Waals surface area contributed by atoms with Crippen molar-refractivity contribution in [1.82, 2.24) is 4.98 Å². The first-order valence-corrected chi connectivity index (χ1v) is 10.5. The highest BCUT2D eigenvalue weighted by molar-refractivity contribution is 7.92. The molecule has 1 heterocycles. The SMILES string of the molecule is CCOc1ccc(-c2nc(-c3ccc(NS(C)(=O)=O)cc3)cs2)cc1. The summed E-state index contributed by atoms with van der Waals surface area (Å²) in [4.78, 5) is 4.67. The third-order valence-electron chi connectivity index (χ3n) is 3.40. The lowest BCUT2D eigenvalue weighted by molar-refractivity contribution is 0.340. The predicted molar refractivity (Wildman–Crippen MR) is 103 cm³/mol. The zero-order valence-corrected chi connectivity index (χ0v) is 15.5. The molecule has 3 aromatic rings. The minimum Gasteiger partial charge on any atom is -0.494 e. The van der Waals surface area contributed by atoms with Gasteiger partial charge in [0, 0.05) is 22.2 Å². The van der Waals surface area contributed by atoms with Gasteiger partial charge in [0.15, 0.2) is 0 Å². The van der Waals surface area contributed by atoms with E-state index in [-0.39, 0.29) is 0 Å². The Morgan fingerprint density at radius 3 is 2.28 bits per heavy atom. The van der Waals surface area contributed by atoms with Crippen molar-refractivity contribution in [2.75, 3.05) is 17.6 Å². The molecule has 3 rings (SSSR count). The molecular weight excluding hydrogens is 356 g/mol. The van der Waals surface area contributed by atoms with E-state index < -0.39 is 10.0 Å². The Kier molecular flexibility index (Phi) is 5.06. The number of nitrogens with zero attached hydrogens (tertiary/aromatic N) is 1. The Morgan fingerprint density at radius 2 is 1.68 bits per heavy atom. The van der Waals surface area contributed by atoms with Crippen LogP contribution in [0.2, 0.25) is 0 Å². The van der Waals surface area contributed by atoms with E-state index in [1.807, 2.05) is 48.7 Å². The highest BCUT2D eigenvalue weighted by Gasteiger charge is 2.08. The third-order valence-corrected chi connectivity index (χ3v) is 4.90. The van der Waals surface area contributed by atoms with Crippen LogP contribution in [0.5, 0.6) is 5.75 Å². The lowest BCUT2D eigenvalue weighted by atomic mass is 10.1. The van der Waals surface area contributed by atoms with E-state index in [1.54, 1.807) is 23.5 Å². The molecule has 2 aromatic carbocycles. The Labute approximate surface area is 151 Å². The average Bonchev–Trinajstić information content (AvgIpc) is 3.05. The third kappa shape index (κ3) is 4.58. The number of rotatable bonds is 6. The van der Waals surface area contributed by atoms with Gasteiger partial charge in [0.25, 0.3) is 0 Å². The van der Waals surface area contributed by atoms with Crippen LogP contribution in [0.1, 0.15) is 6.92 Å². The molecule has 7 heteroatoms. The van der Waals surface area contributed by atoms with Gasteiger partial charge in [-0.3, -0.25) is 4.72 Å². The largest absolute Gasteiger partial charge is 0.494 e. The number of hydrogen-bond donors (Lipinski definition) is 1. The molecule has 1 N–H and O–H groups in total. The molecule has 0 unspecified atom stereocenters. The van der Waals surface area contributed by atoms with Crippen molar-refractivity contribution in [3.05, 3.63) is 53.9 Å². The van der Waals surface area contributed by atoms with Crippen LogP contribution in [0, 0.1) is 0 Å². The number of anilines is 1. The molecule has 0 bridgehead atoms. The lowest BCUT2D eigenvalue weighted by Gasteiger charge is -2.04. The minimum absolute atomic E-state index is 0.535. The molecule has 0 spiro atoms. The van der Waals surface area contributed by atoms with Gasteiger partial charge in [-0.25, -0.2) is 13.4 Å². The molecule has 25 heavy (non-hydrogen) atoms. The second-order valence-corrected chi connectivity index (χ2v) is 8.05. The molecule has 0 radical (unpaired) electrons. The molecule has 0 aliphatic rings. The van der Waals surface area contributed by atoms with Gasteiger partial charge < -0.3 is 4.74 Å². The molecule has 0 amide bonds. The van der Waals surface area contributed by atoms with E-state index in [2.05, 4.69) is 9.71 Å². The van der Waals surface area contributed by atoms with Gasteiger partial charge in [-0.1, -0.05) is 12.1 Å². The molecule has 130 valence electrons.